The molecule has 0 amide bonds. The van der Waals surface area contributed by atoms with Crippen LogP contribution in [0.1, 0.15) is 12.0 Å². The lowest BCUT2D eigenvalue weighted by atomic mass is 10.1. The van der Waals surface area contributed by atoms with Crippen LogP contribution in [0.3, 0.4) is 0 Å². The Morgan fingerprint density at radius 1 is 1.33 bits per heavy atom. The number of aromatic nitrogens is 3. The van der Waals surface area contributed by atoms with Gasteiger partial charge in [-0.2, -0.15) is 5.10 Å². The van der Waals surface area contributed by atoms with E-state index in [9.17, 15) is 4.79 Å². The van der Waals surface area contributed by atoms with E-state index in [1.807, 2.05) is 54.3 Å². The van der Waals surface area contributed by atoms with Crippen LogP contribution in [0.25, 0.3) is 10.9 Å². The van der Waals surface area contributed by atoms with Crippen LogP contribution in [0, 0.1) is 0 Å². The number of hydrogen-bond acceptors (Lipinski definition) is 4. The summed E-state index contributed by atoms with van der Waals surface area (Å²) in [6.45, 7) is 2.49. The standard InChI is InChI=1S/C18H21N5O/c1-22-8-7-17(21-22)23-9-6-15(12-23)19-11-14-10-13-4-2-3-5-16(13)20-18(14)24/h2-5,7-8,10,15,19H,6,9,11-12H2,1H3,(H,20,24). The van der Waals surface area contributed by atoms with Crippen molar-refractivity contribution in [3.63, 3.8) is 0 Å². The second kappa shape index (κ2) is 6.13. The molecule has 1 unspecified atom stereocenters. The molecule has 0 aliphatic carbocycles. The number of anilines is 1. The maximum Gasteiger partial charge on any atom is 0.252 e. The Bertz CT molecular complexity index is 913. The number of aromatic amines is 1. The highest BCUT2D eigenvalue weighted by molar-refractivity contribution is 5.78. The minimum Gasteiger partial charge on any atom is -0.354 e. The van der Waals surface area contributed by atoms with Gasteiger partial charge in [-0.15, -0.1) is 0 Å². The van der Waals surface area contributed by atoms with E-state index in [0.717, 1.165) is 41.8 Å². The molecule has 1 aliphatic heterocycles. The fourth-order valence-electron chi connectivity index (χ4n) is 3.28. The molecule has 2 N–H and O–H groups in total. The SMILES string of the molecule is Cn1ccc(N2CCC(NCc3cc4ccccc4[nH]c3=O)C2)n1. The molecule has 4 rings (SSSR count). The summed E-state index contributed by atoms with van der Waals surface area (Å²) in [4.78, 5) is 17.4. The number of hydrogen-bond donors (Lipinski definition) is 2. The largest absolute Gasteiger partial charge is 0.354 e. The molecule has 1 fully saturated rings. The van der Waals surface area contributed by atoms with Crippen molar-refractivity contribution in [1.29, 1.82) is 0 Å². The van der Waals surface area contributed by atoms with Crippen LogP contribution in [0.5, 0.6) is 0 Å². The number of nitrogens with zero attached hydrogens (tertiary/aromatic N) is 3. The van der Waals surface area contributed by atoms with Crippen LogP contribution in [0.15, 0.2) is 47.4 Å². The van der Waals surface area contributed by atoms with Crippen molar-refractivity contribution in [3.05, 3.63) is 58.5 Å². The van der Waals surface area contributed by atoms with E-state index in [2.05, 4.69) is 20.3 Å². The quantitative estimate of drug-likeness (QED) is 0.766. The van der Waals surface area contributed by atoms with E-state index in [0.29, 0.717) is 12.6 Å². The zero-order valence-corrected chi connectivity index (χ0v) is 13.7. The summed E-state index contributed by atoms with van der Waals surface area (Å²) in [5.41, 5.74) is 1.65. The molecule has 3 aromatic rings. The number of fused-ring (bicyclic) bond motifs is 1. The van der Waals surface area contributed by atoms with Gasteiger partial charge in [-0.3, -0.25) is 9.48 Å². The van der Waals surface area contributed by atoms with E-state index in [1.54, 1.807) is 0 Å². The van der Waals surface area contributed by atoms with Gasteiger partial charge in [0.2, 0.25) is 0 Å². The maximum absolute atomic E-state index is 12.2. The molecule has 0 spiro atoms. The van der Waals surface area contributed by atoms with Crippen LogP contribution in [-0.2, 0) is 13.6 Å². The number of para-hydroxylation sites is 1. The van der Waals surface area contributed by atoms with E-state index >= 15 is 0 Å². The molecule has 0 bridgehead atoms. The lowest BCUT2D eigenvalue weighted by Gasteiger charge is -2.16. The van der Waals surface area contributed by atoms with Crippen LogP contribution in [-0.4, -0.2) is 33.9 Å². The van der Waals surface area contributed by atoms with Crippen molar-refractivity contribution in [2.75, 3.05) is 18.0 Å². The number of benzene rings is 1. The first-order chi connectivity index (χ1) is 11.7. The molecule has 1 atom stereocenters. The first-order valence-corrected chi connectivity index (χ1v) is 8.28. The van der Waals surface area contributed by atoms with E-state index in [-0.39, 0.29) is 5.56 Å². The average molecular weight is 323 g/mol. The van der Waals surface area contributed by atoms with Gasteiger partial charge in [0.05, 0.1) is 0 Å². The molecule has 3 heterocycles. The van der Waals surface area contributed by atoms with Crippen LogP contribution < -0.4 is 15.8 Å². The molecule has 0 saturated carbocycles. The number of aryl methyl sites for hydroxylation is 1. The van der Waals surface area contributed by atoms with Crippen LogP contribution in [0.4, 0.5) is 5.82 Å². The van der Waals surface area contributed by atoms with Gasteiger partial charge in [0.15, 0.2) is 5.82 Å². The summed E-state index contributed by atoms with van der Waals surface area (Å²) in [5.74, 6) is 1.02. The molecule has 0 radical (unpaired) electrons. The monoisotopic (exact) mass is 323 g/mol. The van der Waals surface area contributed by atoms with E-state index in [1.165, 1.54) is 0 Å². The van der Waals surface area contributed by atoms with Gasteiger partial charge >= 0.3 is 0 Å². The Kier molecular flexibility index (Phi) is 3.82. The third-order valence-corrected chi connectivity index (χ3v) is 4.62. The summed E-state index contributed by atoms with van der Waals surface area (Å²) < 4.78 is 1.82. The van der Waals surface area contributed by atoms with Crippen LogP contribution in [0.2, 0.25) is 0 Å². The first-order valence-electron chi connectivity index (χ1n) is 8.28. The number of H-pyrrole nitrogens is 1. The summed E-state index contributed by atoms with van der Waals surface area (Å²) in [7, 11) is 1.93. The molecular formula is C18H21N5O. The summed E-state index contributed by atoms with van der Waals surface area (Å²) >= 11 is 0. The Labute approximate surface area is 140 Å². The van der Waals surface area contributed by atoms with Crippen molar-refractivity contribution in [2.24, 2.45) is 7.05 Å². The molecule has 2 aromatic heterocycles. The summed E-state index contributed by atoms with van der Waals surface area (Å²) in [6, 6.07) is 12.3. The minimum absolute atomic E-state index is 0.0132. The van der Waals surface area contributed by atoms with Gasteiger partial charge in [-0.25, -0.2) is 0 Å². The van der Waals surface area contributed by atoms with Crippen molar-refractivity contribution < 1.29 is 0 Å². The minimum atomic E-state index is -0.0132. The smallest absolute Gasteiger partial charge is 0.252 e. The van der Waals surface area contributed by atoms with Gasteiger partial charge in [0.1, 0.15) is 0 Å². The fraction of sp³-hybridized carbons (Fsp3) is 0.333. The third kappa shape index (κ3) is 2.92. The second-order valence-electron chi connectivity index (χ2n) is 6.37. The van der Waals surface area contributed by atoms with E-state index in [4.69, 9.17) is 0 Å². The van der Waals surface area contributed by atoms with Crippen molar-refractivity contribution in [3.8, 4) is 0 Å². The first kappa shape index (κ1) is 15.0. The lowest BCUT2D eigenvalue weighted by molar-refractivity contribution is 0.549. The Balaban J connectivity index is 1.42. The van der Waals surface area contributed by atoms with Crippen molar-refractivity contribution in [2.45, 2.75) is 19.0 Å². The Morgan fingerprint density at radius 3 is 3.04 bits per heavy atom. The zero-order valence-electron chi connectivity index (χ0n) is 13.7. The van der Waals surface area contributed by atoms with Gasteiger partial charge < -0.3 is 15.2 Å². The zero-order chi connectivity index (χ0) is 16.5. The number of nitrogens with one attached hydrogen (secondary N) is 2. The molecule has 1 aromatic carbocycles. The topological polar surface area (TPSA) is 65.9 Å². The van der Waals surface area contributed by atoms with Gasteiger partial charge in [-0.1, -0.05) is 18.2 Å². The normalized spacial score (nSPS) is 17.7. The summed E-state index contributed by atoms with van der Waals surface area (Å²) in [6.07, 6.45) is 3.02. The van der Waals surface area contributed by atoms with Crippen molar-refractivity contribution in [1.82, 2.24) is 20.1 Å². The number of pyridine rings is 1. The lowest BCUT2D eigenvalue weighted by Crippen LogP contribution is -2.33. The summed E-state index contributed by atoms with van der Waals surface area (Å²) in [5, 5.41) is 9.03. The average Bonchev–Trinajstić information content (AvgIpc) is 3.21. The molecule has 1 saturated heterocycles. The molecule has 6 heteroatoms. The van der Waals surface area contributed by atoms with Gasteiger partial charge in [0.25, 0.3) is 5.56 Å². The Hall–Kier alpha value is -2.60. The van der Waals surface area contributed by atoms with Crippen LogP contribution >= 0.6 is 0 Å². The fourth-order valence-corrected chi connectivity index (χ4v) is 3.28. The van der Waals surface area contributed by atoms with Crippen molar-refractivity contribution >= 4 is 16.7 Å². The van der Waals surface area contributed by atoms with Gasteiger partial charge in [0, 0.05) is 56.1 Å². The highest BCUT2D eigenvalue weighted by Crippen LogP contribution is 2.18. The number of rotatable bonds is 4. The predicted octanol–water partition coefficient (Wildman–Crippen LogP) is 1.63. The Morgan fingerprint density at radius 2 is 2.21 bits per heavy atom. The highest BCUT2D eigenvalue weighted by Gasteiger charge is 2.23. The highest BCUT2D eigenvalue weighted by atomic mass is 16.1. The molecule has 24 heavy (non-hydrogen) atoms. The van der Waals surface area contributed by atoms with E-state index < -0.39 is 0 Å². The maximum atomic E-state index is 12.2. The molecule has 6 nitrogen and oxygen atoms in total. The van der Waals surface area contributed by atoms with Gasteiger partial charge in [-0.05, 0) is 23.9 Å². The third-order valence-electron chi connectivity index (χ3n) is 4.62. The second-order valence-corrected chi connectivity index (χ2v) is 6.37. The molecule has 1 aliphatic rings. The molecule has 124 valence electrons. The molecular weight excluding hydrogens is 302 g/mol. The predicted molar refractivity (Wildman–Crippen MR) is 95.2 cm³/mol.